The molecule has 0 amide bonds. The van der Waals surface area contributed by atoms with Crippen molar-refractivity contribution in [1.29, 1.82) is 0 Å². The van der Waals surface area contributed by atoms with Crippen LogP contribution in [0.4, 0.5) is 0 Å². The van der Waals surface area contributed by atoms with Crippen molar-refractivity contribution in [2.75, 3.05) is 0 Å². The molecule has 4 rings (SSSR count). The molecular weight excluding hydrogens is 418 g/mol. The zero-order valence-electron chi connectivity index (χ0n) is 18.3. The Morgan fingerprint density at radius 1 is 0.875 bits per heavy atom. The van der Waals surface area contributed by atoms with Crippen LogP contribution in [0.2, 0.25) is 5.02 Å². The van der Waals surface area contributed by atoms with Gasteiger partial charge < -0.3 is 4.74 Å². The third-order valence-corrected chi connectivity index (χ3v) is 5.10. The molecule has 1 aromatic heterocycles. The van der Waals surface area contributed by atoms with Gasteiger partial charge in [-0.3, -0.25) is 4.79 Å². The van der Waals surface area contributed by atoms with E-state index in [1.807, 2.05) is 81.5 Å². The highest BCUT2D eigenvalue weighted by Crippen LogP contribution is 2.28. The van der Waals surface area contributed by atoms with E-state index in [2.05, 4.69) is 4.98 Å². The molecule has 160 valence electrons. The van der Waals surface area contributed by atoms with Gasteiger partial charge in [0, 0.05) is 27.6 Å². The molecule has 1 heterocycles. The Hall–Kier alpha value is -3.43. The third-order valence-electron chi connectivity index (χ3n) is 4.85. The first-order valence-corrected chi connectivity index (χ1v) is 10.8. The highest BCUT2D eigenvalue weighted by atomic mass is 35.5. The van der Waals surface area contributed by atoms with Crippen LogP contribution in [0.5, 0.6) is 5.88 Å². The second-order valence-electron chi connectivity index (χ2n) is 8.58. The molecule has 0 spiro atoms. The number of halogens is 1. The number of carbonyl (C=O) groups excluding carboxylic acids is 1. The number of pyridine rings is 1. The van der Waals surface area contributed by atoms with Crippen molar-refractivity contribution in [1.82, 2.24) is 4.98 Å². The minimum atomic E-state index is -0.369. The van der Waals surface area contributed by atoms with Crippen molar-refractivity contribution < 1.29 is 9.53 Å². The molecule has 0 radical (unpaired) electrons. The predicted molar refractivity (Wildman–Crippen MR) is 132 cm³/mol. The number of aromatic nitrogens is 1. The highest BCUT2D eigenvalue weighted by Gasteiger charge is 2.16. The van der Waals surface area contributed by atoms with E-state index in [0.29, 0.717) is 22.0 Å². The summed E-state index contributed by atoms with van der Waals surface area (Å²) >= 11 is 5.97. The van der Waals surface area contributed by atoms with Crippen LogP contribution in [0.15, 0.2) is 78.9 Å². The van der Waals surface area contributed by atoms with Gasteiger partial charge in [-0.1, -0.05) is 54.1 Å². The molecule has 0 aliphatic heterocycles. The molecule has 0 unspecified atom stereocenters. The fourth-order valence-electron chi connectivity index (χ4n) is 3.39. The zero-order chi connectivity index (χ0) is 22.7. The number of benzene rings is 3. The summed E-state index contributed by atoms with van der Waals surface area (Å²) in [4.78, 5) is 17.7. The zero-order valence-corrected chi connectivity index (χ0v) is 19.1. The van der Waals surface area contributed by atoms with Crippen LogP contribution in [-0.4, -0.2) is 16.4 Å². The number of nitrogens with zero attached hydrogens (tertiary/aromatic N) is 1. The highest BCUT2D eigenvalue weighted by molar-refractivity contribution is 6.30. The van der Waals surface area contributed by atoms with Crippen molar-refractivity contribution in [3.8, 4) is 5.88 Å². The predicted octanol–water partition coefficient (Wildman–Crippen LogP) is 7.47. The summed E-state index contributed by atoms with van der Waals surface area (Å²) < 4.78 is 6.04. The summed E-state index contributed by atoms with van der Waals surface area (Å²) in [5.74, 6) is 0.492. The van der Waals surface area contributed by atoms with Gasteiger partial charge in [-0.2, -0.15) is 0 Å². The molecule has 0 saturated carbocycles. The lowest BCUT2D eigenvalue weighted by molar-refractivity contribution is 0.103. The molecule has 4 aromatic rings. The van der Waals surface area contributed by atoms with E-state index in [9.17, 15) is 4.79 Å². The topological polar surface area (TPSA) is 39.2 Å². The molecular formula is C28H24ClNO2. The number of ether oxygens (including phenoxy) is 1. The summed E-state index contributed by atoms with van der Waals surface area (Å²) in [5, 5.41) is 1.49. The summed E-state index contributed by atoms with van der Waals surface area (Å²) in [5.41, 5.74) is 3.61. The van der Waals surface area contributed by atoms with Gasteiger partial charge in [0.2, 0.25) is 5.88 Å². The Bertz CT molecular complexity index is 1290. The Balaban J connectivity index is 1.80. The van der Waals surface area contributed by atoms with E-state index in [4.69, 9.17) is 16.3 Å². The molecule has 0 aliphatic rings. The van der Waals surface area contributed by atoms with E-state index in [0.717, 1.165) is 22.0 Å². The first-order valence-electron chi connectivity index (χ1n) is 10.5. The summed E-state index contributed by atoms with van der Waals surface area (Å²) in [6.45, 7) is 5.98. The largest absolute Gasteiger partial charge is 0.472 e. The SMILES string of the molecule is CC(C)(C)Oc1cc(C=Cc2ccccc2)c2cc(C(=O)c3ccc(Cl)cc3)ccc2n1. The Morgan fingerprint density at radius 2 is 1.56 bits per heavy atom. The normalized spacial score (nSPS) is 11.8. The first-order chi connectivity index (χ1) is 15.3. The Morgan fingerprint density at radius 3 is 2.25 bits per heavy atom. The molecule has 3 aromatic carbocycles. The summed E-state index contributed by atoms with van der Waals surface area (Å²) in [6.07, 6.45) is 4.08. The summed E-state index contributed by atoms with van der Waals surface area (Å²) in [6, 6.07) is 24.5. The fraction of sp³-hybridized carbons (Fsp3) is 0.143. The average Bonchev–Trinajstić information content (AvgIpc) is 2.77. The Labute approximate surface area is 193 Å². The van der Waals surface area contributed by atoms with Gasteiger partial charge >= 0.3 is 0 Å². The molecule has 0 atom stereocenters. The first kappa shape index (κ1) is 21.8. The van der Waals surface area contributed by atoms with Crippen LogP contribution in [-0.2, 0) is 0 Å². The maximum Gasteiger partial charge on any atom is 0.214 e. The molecule has 0 bridgehead atoms. The monoisotopic (exact) mass is 441 g/mol. The lowest BCUT2D eigenvalue weighted by Gasteiger charge is -2.21. The quantitative estimate of drug-likeness (QED) is 0.301. The minimum absolute atomic E-state index is 0.0587. The van der Waals surface area contributed by atoms with Gasteiger partial charge in [0.1, 0.15) is 5.60 Å². The number of carbonyl (C=O) groups is 1. The molecule has 3 nitrogen and oxygen atoms in total. The van der Waals surface area contributed by atoms with Gasteiger partial charge in [-0.05, 0) is 74.4 Å². The van der Waals surface area contributed by atoms with Crippen LogP contribution < -0.4 is 4.74 Å². The van der Waals surface area contributed by atoms with Crippen molar-refractivity contribution in [3.63, 3.8) is 0 Å². The fourth-order valence-corrected chi connectivity index (χ4v) is 3.52. The second kappa shape index (κ2) is 8.97. The van der Waals surface area contributed by atoms with E-state index in [1.54, 1.807) is 30.3 Å². The maximum atomic E-state index is 13.0. The lowest BCUT2D eigenvalue weighted by atomic mass is 9.99. The smallest absolute Gasteiger partial charge is 0.214 e. The van der Waals surface area contributed by atoms with Crippen LogP contribution in [0.1, 0.15) is 47.8 Å². The van der Waals surface area contributed by atoms with Gasteiger partial charge in [-0.15, -0.1) is 0 Å². The van der Waals surface area contributed by atoms with E-state index in [-0.39, 0.29) is 11.4 Å². The average molecular weight is 442 g/mol. The van der Waals surface area contributed by atoms with Gasteiger partial charge in [0.05, 0.1) is 5.52 Å². The second-order valence-corrected chi connectivity index (χ2v) is 9.01. The van der Waals surface area contributed by atoms with Gasteiger partial charge in [-0.25, -0.2) is 4.98 Å². The van der Waals surface area contributed by atoms with E-state index < -0.39 is 0 Å². The molecule has 0 aliphatic carbocycles. The molecule has 4 heteroatoms. The van der Waals surface area contributed by atoms with Crippen LogP contribution in [0, 0.1) is 0 Å². The van der Waals surface area contributed by atoms with Crippen molar-refractivity contribution >= 4 is 40.4 Å². The minimum Gasteiger partial charge on any atom is -0.472 e. The van der Waals surface area contributed by atoms with Crippen LogP contribution in [0.25, 0.3) is 23.1 Å². The molecule has 0 N–H and O–H groups in total. The molecule has 0 fully saturated rings. The van der Waals surface area contributed by atoms with Gasteiger partial charge in [0.15, 0.2) is 5.78 Å². The summed E-state index contributed by atoms with van der Waals surface area (Å²) in [7, 11) is 0. The van der Waals surface area contributed by atoms with E-state index in [1.165, 1.54) is 0 Å². The van der Waals surface area contributed by atoms with Crippen molar-refractivity contribution in [2.24, 2.45) is 0 Å². The van der Waals surface area contributed by atoms with Crippen molar-refractivity contribution in [2.45, 2.75) is 26.4 Å². The van der Waals surface area contributed by atoms with Gasteiger partial charge in [0.25, 0.3) is 0 Å². The number of hydrogen-bond acceptors (Lipinski definition) is 3. The number of ketones is 1. The molecule has 0 saturated heterocycles. The number of rotatable bonds is 5. The standard InChI is InChI=1S/C28H24ClNO2/c1-28(2,3)32-26-18-21(10-9-19-7-5-4-6-8-19)24-17-22(13-16-25(24)30-26)27(31)20-11-14-23(29)15-12-20/h4-18H,1-3H3. The number of fused-ring (bicyclic) bond motifs is 1. The number of hydrogen-bond donors (Lipinski definition) is 0. The van der Waals surface area contributed by atoms with Crippen LogP contribution in [0.3, 0.4) is 0 Å². The third kappa shape index (κ3) is 5.24. The van der Waals surface area contributed by atoms with E-state index >= 15 is 0 Å². The maximum absolute atomic E-state index is 13.0. The van der Waals surface area contributed by atoms with Crippen LogP contribution >= 0.6 is 11.6 Å². The van der Waals surface area contributed by atoms with Crippen molar-refractivity contribution in [3.05, 3.63) is 106 Å². The lowest BCUT2D eigenvalue weighted by Crippen LogP contribution is -2.23. The molecule has 32 heavy (non-hydrogen) atoms. The Kier molecular flexibility index (Phi) is 6.11.